The number of amides is 1. The number of benzene rings is 2. The van der Waals surface area contributed by atoms with E-state index in [1.165, 1.54) is 18.2 Å². The number of rotatable bonds is 5. The predicted molar refractivity (Wildman–Crippen MR) is 109 cm³/mol. The van der Waals surface area contributed by atoms with Gasteiger partial charge in [-0.15, -0.1) is 0 Å². The molecule has 0 radical (unpaired) electrons. The molecule has 0 atom stereocenters. The molecule has 1 aromatic heterocycles. The molecule has 0 aliphatic carbocycles. The number of nitrogens with one attached hydrogen (secondary N) is 1. The molecule has 8 heteroatoms. The summed E-state index contributed by atoms with van der Waals surface area (Å²) < 4.78 is 28.3. The molecule has 146 valence electrons. The number of hydrogen-bond donors (Lipinski definition) is 2. The summed E-state index contributed by atoms with van der Waals surface area (Å²) >= 11 is 0. The highest BCUT2D eigenvalue weighted by Gasteiger charge is 2.12. The van der Waals surface area contributed by atoms with E-state index in [0.717, 1.165) is 5.56 Å². The van der Waals surface area contributed by atoms with Gasteiger partial charge in [0.1, 0.15) is 23.2 Å². The van der Waals surface area contributed by atoms with E-state index in [1.54, 1.807) is 42.5 Å². The van der Waals surface area contributed by atoms with Gasteiger partial charge in [-0.2, -0.15) is 5.26 Å². The van der Waals surface area contributed by atoms with E-state index < -0.39 is 15.9 Å². The molecule has 1 heterocycles. The van der Waals surface area contributed by atoms with Crippen LogP contribution in [0.5, 0.6) is 0 Å². The summed E-state index contributed by atoms with van der Waals surface area (Å²) in [6.07, 6.45) is 1.34. The zero-order chi connectivity index (χ0) is 21.0. The van der Waals surface area contributed by atoms with Crippen LogP contribution in [0.15, 0.2) is 75.5 Å². The van der Waals surface area contributed by atoms with E-state index in [4.69, 9.17) is 9.56 Å². The van der Waals surface area contributed by atoms with Gasteiger partial charge in [-0.3, -0.25) is 4.79 Å². The van der Waals surface area contributed by atoms with Gasteiger partial charge in [0.2, 0.25) is 10.0 Å². The van der Waals surface area contributed by atoms with Crippen LogP contribution in [-0.4, -0.2) is 14.3 Å². The van der Waals surface area contributed by atoms with Crippen LogP contribution in [0, 0.1) is 18.3 Å². The molecule has 3 aromatic rings. The summed E-state index contributed by atoms with van der Waals surface area (Å²) in [6.45, 7) is 1.90. The molecule has 0 spiro atoms. The minimum atomic E-state index is -3.77. The Balaban J connectivity index is 1.80. The zero-order valence-corrected chi connectivity index (χ0v) is 16.2. The van der Waals surface area contributed by atoms with Crippen molar-refractivity contribution >= 4 is 27.7 Å². The molecule has 29 heavy (non-hydrogen) atoms. The molecule has 3 N–H and O–H groups in total. The highest BCUT2D eigenvalue weighted by molar-refractivity contribution is 7.89. The molecule has 0 aliphatic heterocycles. The first-order valence-electron chi connectivity index (χ1n) is 8.49. The van der Waals surface area contributed by atoms with E-state index >= 15 is 0 Å². The van der Waals surface area contributed by atoms with Crippen molar-refractivity contribution in [3.05, 3.63) is 77.6 Å². The maximum atomic E-state index is 12.4. The summed E-state index contributed by atoms with van der Waals surface area (Å²) in [5.41, 5.74) is 2.08. The molecular weight excluding hydrogens is 390 g/mol. The molecule has 3 rings (SSSR count). The molecule has 7 nitrogen and oxygen atoms in total. The second-order valence-electron chi connectivity index (χ2n) is 6.26. The lowest BCUT2D eigenvalue weighted by Crippen LogP contribution is -2.13. The third kappa shape index (κ3) is 4.99. The summed E-state index contributed by atoms with van der Waals surface area (Å²) in [5, 5.41) is 17.1. The molecule has 0 fully saturated rings. The van der Waals surface area contributed by atoms with Gasteiger partial charge in [0.15, 0.2) is 0 Å². The van der Waals surface area contributed by atoms with Gasteiger partial charge in [-0.25, -0.2) is 13.6 Å². The van der Waals surface area contributed by atoms with Crippen LogP contribution in [0.2, 0.25) is 0 Å². The fourth-order valence-corrected chi connectivity index (χ4v) is 3.12. The molecule has 0 bridgehead atoms. The van der Waals surface area contributed by atoms with Crippen LogP contribution < -0.4 is 10.5 Å². The third-order valence-electron chi connectivity index (χ3n) is 4.02. The maximum Gasteiger partial charge on any atom is 0.266 e. The summed E-state index contributed by atoms with van der Waals surface area (Å²) in [5.74, 6) is 0.216. The topological polar surface area (TPSA) is 126 Å². The van der Waals surface area contributed by atoms with Crippen LogP contribution in [0.1, 0.15) is 11.3 Å². The van der Waals surface area contributed by atoms with Crippen molar-refractivity contribution < 1.29 is 17.6 Å². The Morgan fingerprint density at radius 3 is 2.48 bits per heavy atom. The van der Waals surface area contributed by atoms with Crippen molar-refractivity contribution in [1.82, 2.24) is 0 Å². The first-order valence-corrected chi connectivity index (χ1v) is 10.0. The van der Waals surface area contributed by atoms with Crippen LogP contribution in [-0.2, 0) is 14.8 Å². The van der Waals surface area contributed by atoms with Gasteiger partial charge in [0.05, 0.1) is 4.90 Å². The van der Waals surface area contributed by atoms with E-state index in [0.29, 0.717) is 22.8 Å². The summed E-state index contributed by atoms with van der Waals surface area (Å²) in [7, 11) is -3.77. The summed E-state index contributed by atoms with van der Waals surface area (Å²) in [6, 6.07) is 18.2. The highest BCUT2D eigenvalue weighted by Crippen LogP contribution is 2.24. The van der Waals surface area contributed by atoms with E-state index in [-0.39, 0.29) is 10.5 Å². The number of nitriles is 1. The standard InChI is InChI=1S/C21H17N3O4S/c1-14-3-2-4-17(11-14)24-21(25)16(13-22)12-18-7-10-20(28-18)15-5-8-19(9-6-15)29(23,26)27/h2-12H,1H3,(H,24,25)(H2,23,26,27). The number of nitrogens with two attached hydrogens (primary N) is 1. The Labute approximate surface area is 168 Å². The molecule has 0 saturated heterocycles. The first-order chi connectivity index (χ1) is 13.8. The number of nitrogens with zero attached hydrogens (tertiary/aromatic N) is 1. The largest absolute Gasteiger partial charge is 0.457 e. The van der Waals surface area contributed by atoms with E-state index in [1.807, 2.05) is 19.1 Å². The van der Waals surface area contributed by atoms with Crippen LogP contribution >= 0.6 is 0 Å². The van der Waals surface area contributed by atoms with Crippen molar-refractivity contribution in [1.29, 1.82) is 5.26 Å². The van der Waals surface area contributed by atoms with Gasteiger partial charge < -0.3 is 9.73 Å². The molecular formula is C21H17N3O4S. The van der Waals surface area contributed by atoms with Crippen LogP contribution in [0.3, 0.4) is 0 Å². The normalized spacial score (nSPS) is 11.7. The highest BCUT2D eigenvalue weighted by atomic mass is 32.2. The number of carbonyl (C=O) groups is 1. The molecule has 0 saturated carbocycles. The monoisotopic (exact) mass is 407 g/mol. The minimum absolute atomic E-state index is 0.00693. The third-order valence-corrected chi connectivity index (χ3v) is 4.95. The second-order valence-corrected chi connectivity index (χ2v) is 7.83. The van der Waals surface area contributed by atoms with Gasteiger partial charge in [0, 0.05) is 17.3 Å². The quantitative estimate of drug-likeness (QED) is 0.495. The smallest absolute Gasteiger partial charge is 0.266 e. The minimum Gasteiger partial charge on any atom is -0.457 e. The fourth-order valence-electron chi connectivity index (χ4n) is 2.61. The summed E-state index contributed by atoms with van der Waals surface area (Å²) in [4.78, 5) is 12.3. The van der Waals surface area contributed by atoms with Gasteiger partial charge in [-0.1, -0.05) is 12.1 Å². The van der Waals surface area contributed by atoms with Crippen molar-refractivity contribution in [2.75, 3.05) is 5.32 Å². The van der Waals surface area contributed by atoms with Gasteiger partial charge in [-0.05, 0) is 61.0 Å². The number of aryl methyl sites for hydroxylation is 1. The zero-order valence-electron chi connectivity index (χ0n) is 15.4. The average Bonchev–Trinajstić information content (AvgIpc) is 3.14. The average molecular weight is 407 g/mol. The Morgan fingerprint density at radius 2 is 1.86 bits per heavy atom. The molecule has 0 unspecified atom stereocenters. The Morgan fingerprint density at radius 1 is 1.14 bits per heavy atom. The lowest BCUT2D eigenvalue weighted by atomic mass is 10.2. The predicted octanol–water partition coefficient (Wildman–Crippen LogP) is 3.45. The molecule has 0 aliphatic rings. The Kier molecular flexibility index (Phi) is 5.64. The number of furan rings is 1. The van der Waals surface area contributed by atoms with Gasteiger partial charge in [0.25, 0.3) is 5.91 Å². The maximum absolute atomic E-state index is 12.4. The Hall–Kier alpha value is -3.67. The SMILES string of the molecule is Cc1cccc(NC(=O)C(C#N)=Cc2ccc(-c3ccc(S(N)(=O)=O)cc3)o2)c1. The number of primary sulfonamides is 1. The van der Waals surface area contributed by atoms with Crippen molar-refractivity contribution in [3.63, 3.8) is 0 Å². The molecule has 1 amide bonds. The van der Waals surface area contributed by atoms with Crippen molar-refractivity contribution in [2.24, 2.45) is 5.14 Å². The van der Waals surface area contributed by atoms with E-state index in [2.05, 4.69) is 5.32 Å². The van der Waals surface area contributed by atoms with E-state index in [9.17, 15) is 18.5 Å². The lowest BCUT2D eigenvalue weighted by Gasteiger charge is -2.04. The van der Waals surface area contributed by atoms with Crippen molar-refractivity contribution in [3.8, 4) is 17.4 Å². The van der Waals surface area contributed by atoms with Crippen LogP contribution in [0.25, 0.3) is 17.4 Å². The first kappa shape index (κ1) is 20.1. The number of hydrogen-bond acceptors (Lipinski definition) is 5. The lowest BCUT2D eigenvalue weighted by molar-refractivity contribution is -0.112. The number of sulfonamides is 1. The number of carbonyl (C=O) groups excluding carboxylic acids is 1. The fraction of sp³-hybridized carbons (Fsp3) is 0.0476. The van der Waals surface area contributed by atoms with Gasteiger partial charge >= 0.3 is 0 Å². The molecule has 2 aromatic carbocycles. The Bertz CT molecular complexity index is 1230. The number of anilines is 1. The van der Waals surface area contributed by atoms with Crippen LogP contribution in [0.4, 0.5) is 5.69 Å². The second kappa shape index (κ2) is 8.14. The van der Waals surface area contributed by atoms with Crippen molar-refractivity contribution in [2.45, 2.75) is 11.8 Å².